The van der Waals surface area contributed by atoms with E-state index in [1.807, 2.05) is 52.9 Å². The van der Waals surface area contributed by atoms with Crippen LogP contribution in [0.1, 0.15) is 34.6 Å². The van der Waals surface area contributed by atoms with Crippen LogP contribution in [-0.2, 0) is 4.79 Å². The van der Waals surface area contributed by atoms with Gasteiger partial charge in [-0.3, -0.25) is 9.59 Å². The van der Waals surface area contributed by atoms with E-state index in [9.17, 15) is 14.7 Å². The van der Waals surface area contributed by atoms with Crippen molar-refractivity contribution in [2.75, 3.05) is 13.1 Å². The molecule has 3 heterocycles. The van der Waals surface area contributed by atoms with Crippen molar-refractivity contribution in [3.05, 3.63) is 47.0 Å². The number of fused-ring (bicyclic) bond motifs is 1. The summed E-state index contributed by atoms with van der Waals surface area (Å²) in [6.07, 6.45) is 2.34. The minimum Gasteiger partial charge on any atom is -0.481 e. The molecule has 3 aromatic rings. The Bertz CT molecular complexity index is 1080. The Hall–Kier alpha value is -2.67. The average Bonchev–Trinajstić information content (AvgIpc) is 3.08. The number of carbonyl (C=O) groups is 2. The van der Waals surface area contributed by atoms with Crippen molar-refractivity contribution in [3.8, 4) is 5.69 Å². The third-order valence-corrected chi connectivity index (χ3v) is 7.39. The molecule has 144 valence electrons. The number of benzene rings is 1. The number of thiophene rings is 1. The molecule has 1 aromatic carbocycles. The number of carboxylic acid groups (broad SMARTS) is 1. The molecule has 1 atom stereocenters. The Balaban J connectivity index is 1.38. The van der Waals surface area contributed by atoms with E-state index in [2.05, 4.69) is 5.10 Å². The number of hydrogen-bond acceptors (Lipinski definition) is 4. The van der Waals surface area contributed by atoms with Gasteiger partial charge >= 0.3 is 5.97 Å². The van der Waals surface area contributed by atoms with Gasteiger partial charge in [0.2, 0.25) is 0 Å². The average molecular weight is 395 g/mol. The van der Waals surface area contributed by atoms with E-state index in [4.69, 9.17) is 0 Å². The second-order valence-corrected chi connectivity index (χ2v) is 8.94. The van der Waals surface area contributed by atoms with Crippen molar-refractivity contribution in [2.45, 2.75) is 26.2 Å². The van der Waals surface area contributed by atoms with Gasteiger partial charge in [-0.25, -0.2) is 4.68 Å². The zero-order chi connectivity index (χ0) is 19.5. The summed E-state index contributed by atoms with van der Waals surface area (Å²) < 4.78 is 1.90. The topological polar surface area (TPSA) is 75.4 Å². The zero-order valence-electron chi connectivity index (χ0n) is 15.6. The molecule has 2 aromatic heterocycles. The van der Waals surface area contributed by atoms with E-state index in [0.29, 0.717) is 13.1 Å². The molecule has 2 fully saturated rings. The quantitative estimate of drug-likeness (QED) is 0.733. The number of aryl methyl sites for hydroxylation is 1. The van der Waals surface area contributed by atoms with Crippen LogP contribution < -0.4 is 0 Å². The molecule has 1 N–H and O–H groups in total. The lowest BCUT2D eigenvalue weighted by Crippen LogP contribution is -2.39. The van der Waals surface area contributed by atoms with Crippen LogP contribution in [0.4, 0.5) is 0 Å². The largest absolute Gasteiger partial charge is 0.481 e. The van der Waals surface area contributed by atoms with Gasteiger partial charge in [-0.05, 0) is 49.8 Å². The molecule has 0 radical (unpaired) electrons. The van der Waals surface area contributed by atoms with Gasteiger partial charge in [0, 0.05) is 18.5 Å². The molecule has 1 unspecified atom stereocenters. The summed E-state index contributed by atoms with van der Waals surface area (Å²) in [4.78, 5) is 27.9. The van der Waals surface area contributed by atoms with E-state index >= 15 is 0 Å². The summed E-state index contributed by atoms with van der Waals surface area (Å²) in [6.45, 7) is 3.24. The minimum atomic E-state index is -0.690. The Morgan fingerprint density at radius 3 is 2.57 bits per heavy atom. The van der Waals surface area contributed by atoms with Gasteiger partial charge in [0.05, 0.1) is 22.2 Å². The van der Waals surface area contributed by atoms with Gasteiger partial charge < -0.3 is 10.0 Å². The molecule has 1 amide bonds. The van der Waals surface area contributed by atoms with Gasteiger partial charge in [-0.2, -0.15) is 5.10 Å². The highest BCUT2D eigenvalue weighted by Gasteiger charge is 2.59. The summed E-state index contributed by atoms with van der Waals surface area (Å²) in [6, 6.07) is 11.9. The molecule has 1 aliphatic carbocycles. The molecule has 5 rings (SSSR count). The lowest BCUT2D eigenvalue weighted by Gasteiger charge is -2.32. The molecule has 0 bridgehead atoms. The fourth-order valence-electron chi connectivity index (χ4n) is 4.46. The van der Waals surface area contributed by atoms with Gasteiger partial charge in [-0.1, -0.05) is 18.2 Å². The maximum Gasteiger partial charge on any atom is 0.307 e. The fourth-order valence-corrected chi connectivity index (χ4v) is 5.61. The molecule has 1 spiro atoms. The third kappa shape index (κ3) is 2.64. The normalized spacial score (nSPS) is 20.6. The van der Waals surface area contributed by atoms with E-state index in [0.717, 1.165) is 45.7 Å². The van der Waals surface area contributed by atoms with Crippen LogP contribution in [0.2, 0.25) is 0 Å². The first-order valence-corrected chi connectivity index (χ1v) is 10.4. The third-order valence-electron chi connectivity index (χ3n) is 6.29. The number of para-hydroxylation sites is 1. The van der Waals surface area contributed by atoms with Crippen molar-refractivity contribution < 1.29 is 14.7 Å². The number of carboxylic acids is 1. The van der Waals surface area contributed by atoms with Crippen LogP contribution in [-0.4, -0.2) is 44.8 Å². The highest BCUT2D eigenvalue weighted by Crippen LogP contribution is 2.59. The maximum absolute atomic E-state index is 13.1. The van der Waals surface area contributed by atoms with Gasteiger partial charge in [-0.15, -0.1) is 11.3 Å². The fraction of sp³-hybridized carbons (Fsp3) is 0.381. The second kappa shape index (κ2) is 6.17. The number of likely N-dealkylation sites (tertiary alicyclic amines) is 1. The second-order valence-electron chi connectivity index (χ2n) is 7.91. The Labute approximate surface area is 166 Å². The van der Waals surface area contributed by atoms with Crippen LogP contribution in [0.5, 0.6) is 0 Å². The standard InChI is InChI=1S/C21H21N3O3S/c1-13-15-11-17(28-19(15)24(22-13)14-5-3-2-4-6-14)18(25)23-9-7-21(8-10-23)12-16(21)20(26)27/h2-6,11,16H,7-10,12H2,1H3,(H,26,27). The van der Waals surface area contributed by atoms with Crippen molar-refractivity contribution in [2.24, 2.45) is 11.3 Å². The number of hydrogen-bond donors (Lipinski definition) is 1. The summed E-state index contributed by atoms with van der Waals surface area (Å²) in [5.41, 5.74) is 1.83. The first kappa shape index (κ1) is 17.4. The smallest absolute Gasteiger partial charge is 0.307 e. The number of nitrogens with zero attached hydrogens (tertiary/aromatic N) is 3. The molecular weight excluding hydrogens is 374 g/mol. The maximum atomic E-state index is 13.1. The van der Waals surface area contributed by atoms with Gasteiger partial charge in [0.25, 0.3) is 5.91 Å². The number of aliphatic carboxylic acids is 1. The molecule has 1 saturated carbocycles. The van der Waals surface area contributed by atoms with Crippen LogP contribution >= 0.6 is 11.3 Å². The highest BCUT2D eigenvalue weighted by molar-refractivity contribution is 7.20. The van der Waals surface area contributed by atoms with Crippen LogP contribution in [0.25, 0.3) is 15.9 Å². The first-order valence-electron chi connectivity index (χ1n) is 9.55. The van der Waals surface area contributed by atoms with Crippen molar-refractivity contribution in [1.29, 1.82) is 0 Å². The molecule has 28 heavy (non-hydrogen) atoms. The molecule has 7 heteroatoms. The van der Waals surface area contributed by atoms with E-state index in [1.165, 1.54) is 11.3 Å². The number of aromatic nitrogens is 2. The predicted molar refractivity (Wildman–Crippen MR) is 107 cm³/mol. The summed E-state index contributed by atoms with van der Waals surface area (Å²) in [5.74, 6) is -0.860. The molecule has 1 aliphatic heterocycles. The lowest BCUT2D eigenvalue weighted by molar-refractivity contribution is -0.139. The lowest BCUT2D eigenvalue weighted by atomic mass is 9.91. The Kier molecular flexibility index (Phi) is 3.84. The monoisotopic (exact) mass is 395 g/mol. The molecule has 6 nitrogen and oxygen atoms in total. The van der Waals surface area contributed by atoms with Gasteiger partial charge in [0.15, 0.2) is 0 Å². The number of rotatable bonds is 3. The van der Waals surface area contributed by atoms with Crippen LogP contribution in [0.15, 0.2) is 36.4 Å². The SMILES string of the molecule is Cc1nn(-c2ccccc2)c2sc(C(=O)N3CCC4(CC3)CC4C(=O)O)cc12. The summed E-state index contributed by atoms with van der Waals surface area (Å²) >= 11 is 1.48. The highest BCUT2D eigenvalue weighted by atomic mass is 32.1. The first-order chi connectivity index (χ1) is 13.5. The number of piperidine rings is 1. The predicted octanol–water partition coefficient (Wildman–Crippen LogP) is 3.72. The van der Waals surface area contributed by atoms with Crippen LogP contribution in [0, 0.1) is 18.3 Å². The van der Waals surface area contributed by atoms with Crippen molar-refractivity contribution in [3.63, 3.8) is 0 Å². The number of carbonyl (C=O) groups excluding carboxylic acids is 1. The Morgan fingerprint density at radius 1 is 1.21 bits per heavy atom. The van der Waals surface area contributed by atoms with Crippen LogP contribution in [0.3, 0.4) is 0 Å². The van der Waals surface area contributed by atoms with E-state index < -0.39 is 5.97 Å². The zero-order valence-corrected chi connectivity index (χ0v) is 16.4. The molecule has 2 aliphatic rings. The van der Waals surface area contributed by atoms with E-state index in [1.54, 1.807) is 0 Å². The summed E-state index contributed by atoms with van der Waals surface area (Å²) in [5, 5.41) is 14.9. The van der Waals surface area contributed by atoms with Crippen molar-refractivity contribution in [1.82, 2.24) is 14.7 Å². The molecular formula is C21H21N3O3S. The number of amides is 1. The van der Waals surface area contributed by atoms with Crippen molar-refractivity contribution >= 4 is 33.4 Å². The molecule has 1 saturated heterocycles. The summed E-state index contributed by atoms with van der Waals surface area (Å²) in [7, 11) is 0. The minimum absolute atomic E-state index is 0.0441. The van der Waals surface area contributed by atoms with Gasteiger partial charge in [0.1, 0.15) is 4.83 Å². The van der Waals surface area contributed by atoms with E-state index in [-0.39, 0.29) is 17.2 Å². The Morgan fingerprint density at radius 2 is 1.93 bits per heavy atom.